The van der Waals surface area contributed by atoms with Gasteiger partial charge in [-0.25, -0.2) is 0 Å². The maximum absolute atomic E-state index is 12.0. The first-order valence-electron chi connectivity index (χ1n) is 6.97. The van der Waals surface area contributed by atoms with Crippen LogP contribution in [0.4, 0.5) is 5.69 Å². The van der Waals surface area contributed by atoms with Crippen molar-refractivity contribution in [1.82, 2.24) is 10.2 Å². The Balaban J connectivity index is 1.90. The minimum atomic E-state index is -0.458. The van der Waals surface area contributed by atoms with E-state index in [1.807, 2.05) is 12.1 Å². The Labute approximate surface area is 124 Å². The number of carbonyl (C=O) groups excluding carboxylic acids is 2. The molecule has 0 aliphatic carbocycles. The first kappa shape index (κ1) is 15.5. The largest absolute Gasteiger partial charge is 0.392 e. The van der Waals surface area contributed by atoms with Crippen LogP contribution in [-0.2, 0) is 16.0 Å². The van der Waals surface area contributed by atoms with Crippen molar-refractivity contribution in [2.24, 2.45) is 0 Å². The summed E-state index contributed by atoms with van der Waals surface area (Å²) in [5.41, 5.74) is 1.59. The van der Waals surface area contributed by atoms with Gasteiger partial charge < -0.3 is 20.6 Å². The number of nitrogens with zero attached hydrogens (tertiary/aromatic N) is 1. The van der Waals surface area contributed by atoms with Crippen LogP contribution < -0.4 is 10.6 Å². The molecule has 2 atom stereocenters. The third-order valence-corrected chi connectivity index (χ3v) is 3.50. The number of likely N-dealkylation sites (N-methyl/N-ethyl adjacent to an activating group) is 1. The molecule has 1 saturated heterocycles. The van der Waals surface area contributed by atoms with Crippen molar-refractivity contribution >= 4 is 17.5 Å². The van der Waals surface area contributed by atoms with Crippen molar-refractivity contribution in [2.45, 2.75) is 25.0 Å². The monoisotopic (exact) mass is 291 g/mol. The summed E-state index contributed by atoms with van der Waals surface area (Å²) in [6.45, 7) is 0.448. The summed E-state index contributed by atoms with van der Waals surface area (Å²) in [5, 5.41) is 15.2. The van der Waals surface area contributed by atoms with E-state index >= 15 is 0 Å². The van der Waals surface area contributed by atoms with Gasteiger partial charge in [-0.3, -0.25) is 9.59 Å². The minimum Gasteiger partial charge on any atom is -0.392 e. The number of aliphatic hydroxyl groups is 1. The summed E-state index contributed by atoms with van der Waals surface area (Å²) >= 11 is 0. The Morgan fingerprint density at radius 2 is 2.00 bits per heavy atom. The van der Waals surface area contributed by atoms with Gasteiger partial charge in [0.25, 0.3) is 0 Å². The molecule has 6 heteroatoms. The highest BCUT2D eigenvalue weighted by Crippen LogP contribution is 2.13. The van der Waals surface area contributed by atoms with Crippen LogP contribution in [0.15, 0.2) is 24.3 Å². The van der Waals surface area contributed by atoms with E-state index < -0.39 is 6.10 Å². The topological polar surface area (TPSA) is 81.7 Å². The molecule has 1 aromatic carbocycles. The van der Waals surface area contributed by atoms with Crippen LogP contribution in [0.25, 0.3) is 0 Å². The highest BCUT2D eigenvalue weighted by Gasteiger charge is 2.27. The number of aliphatic hydroxyl groups excluding tert-OH is 1. The van der Waals surface area contributed by atoms with Crippen LogP contribution in [0.3, 0.4) is 0 Å². The molecule has 1 aliphatic heterocycles. The van der Waals surface area contributed by atoms with Crippen LogP contribution in [0, 0.1) is 0 Å². The average molecular weight is 291 g/mol. The van der Waals surface area contributed by atoms with E-state index in [2.05, 4.69) is 10.6 Å². The first-order chi connectivity index (χ1) is 9.95. The van der Waals surface area contributed by atoms with Gasteiger partial charge in [-0.1, -0.05) is 12.1 Å². The molecule has 21 heavy (non-hydrogen) atoms. The van der Waals surface area contributed by atoms with Crippen molar-refractivity contribution < 1.29 is 14.7 Å². The van der Waals surface area contributed by atoms with Crippen molar-refractivity contribution in [3.63, 3.8) is 0 Å². The van der Waals surface area contributed by atoms with Crippen LogP contribution in [-0.4, -0.2) is 54.6 Å². The number of β-amino-alcohol motifs (C(OH)–C–C–N with tert-alkyl or cyclic N) is 1. The second kappa shape index (κ2) is 6.69. The number of amides is 2. The number of hydrogen-bond donors (Lipinski definition) is 3. The van der Waals surface area contributed by atoms with Gasteiger partial charge in [0.2, 0.25) is 11.8 Å². The van der Waals surface area contributed by atoms with E-state index in [9.17, 15) is 14.7 Å². The van der Waals surface area contributed by atoms with Gasteiger partial charge in [0, 0.05) is 26.3 Å². The average Bonchev–Trinajstić information content (AvgIpc) is 2.87. The molecule has 0 saturated carbocycles. The van der Waals surface area contributed by atoms with Crippen molar-refractivity contribution in [2.75, 3.05) is 26.0 Å². The zero-order valence-corrected chi connectivity index (χ0v) is 12.3. The Bertz CT molecular complexity index is 513. The van der Waals surface area contributed by atoms with E-state index in [0.717, 1.165) is 5.56 Å². The van der Waals surface area contributed by atoms with Gasteiger partial charge >= 0.3 is 0 Å². The van der Waals surface area contributed by atoms with Gasteiger partial charge in [0.15, 0.2) is 0 Å². The van der Waals surface area contributed by atoms with Crippen LogP contribution in [0.1, 0.15) is 12.0 Å². The van der Waals surface area contributed by atoms with E-state index in [0.29, 0.717) is 25.1 Å². The lowest BCUT2D eigenvalue weighted by Crippen LogP contribution is -2.35. The molecular formula is C15H21N3O3. The number of anilines is 1. The third kappa shape index (κ3) is 4.27. The maximum atomic E-state index is 12.0. The lowest BCUT2D eigenvalue weighted by Gasteiger charge is -2.12. The van der Waals surface area contributed by atoms with Gasteiger partial charge in [-0.05, 0) is 24.1 Å². The first-order valence-corrected chi connectivity index (χ1v) is 6.97. The van der Waals surface area contributed by atoms with E-state index in [1.165, 1.54) is 0 Å². The van der Waals surface area contributed by atoms with Crippen molar-refractivity contribution in [3.8, 4) is 0 Å². The molecule has 2 amide bonds. The molecule has 0 radical (unpaired) electrons. The number of hydrogen-bond acceptors (Lipinski definition) is 4. The highest BCUT2D eigenvalue weighted by atomic mass is 16.3. The van der Waals surface area contributed by atoms with Crippen LogP contribution >= 0.6 is 0 Å². The Kier molecular flexibility index (Phi) is 4.93. The molecule has 0 spiro atoms. The summed E-state index contributed by atoms with van der Waals surface area (Å²) < 4.78 is 0. The number of nitrogens with one attached hydrogen (secondary N) is 2. The van der Waals surface area contributed by atoms with Crippen molar-refractivity contribution in [3.05, 3.63) is 29.8 Å². The normalized spacial score (nSPS) is 21.1. The smallest absolute Gasteiger partial charge is 0.241 e. The fourth-order valence-corrected chi connectivity index (χ4v) is 2.18. The SMILES string of the molecule is CN(C)C(=O)Cc1ccc(NC(=O)C2CC(O)CN2)cc1. The quantitative estimate of drug-likeness (QED) is 0.728. The number of carbonyl (C=O) groups is 2. The molecule has 3 N–H and O–H groups in total. The summed E-state index contributed by atoms with van der Waals surface area (Å²) in [7, 11) is 3.44. The van der Waals surface area contributed by atoms with Crippen molar-refractivity contribution in [1.29, 1.82) is 0 Å². The van der Waals surface area contributed by atoms with Crippen LogP contribution in [0.2, 0.25) is 0 Å². The predicted molar refractivity (Wildman–Crippen MR) is 79.9 cm³/mol. The fraction of sp³-hybridized carbons (Fsp3) is 0.467. The maximum Gasteiger partial charge on any atom is 0.241 e. The Hall–Kier alpha value is -1.92. The zero-order valence-electron chi connectivity index (χ0n) is 12.3. The zero-order chi connectivity index (χ0) is 15.4. The molecule has 114 valence electrons. The summed E-state index contributed by atoms with van der Waals surface area (Å²) in [4.78, 5) is 25.1. The van der Waals surface area contributed by atoms with Gasteiger partial charge in [0.05, 0.1) is 18.6 Å². The van der Waals surface area contributed by atoms with Gasteiger partial charge in [0.1, 0.15) is 0 Å². The van der Waals surface area contributed by atoms with E-state index in [4.69, 9.17) is 0 Å². The lowest BCUT2D eigenvalue weighted by molar-refractivity contribution is -0.128. The molecule has 2 unspecified atom stereocenters. The second-order valence-corrected chi connectivity index (χ2v) is 5.50. The van der Waals surface area contributed by atoms with Gasteiger partial charge in [-0.2, -0.15) is 0 Å². The fourth-order valence-electron chi connectivity index (χ4n) is 2.18. The lowest BCUT2D eigenvalue weighted by atomic mass is 10.1. The molecule has 0 aromatic heterocycles. The highest BCUT2D eigenvalue weighted by molar-refractivity contribution is 5.95. The Morgan fingerprint density at radius 1 is 1.33 bits per heavy atom. The molecule has 1 fully saturated rings. The number of rotatable bonds is 4. The minimum absolute atomic E-state index is 0.0379. The van der Waals surface area contributed by atoms with E-state index in [-0.39, 0.29) is 17.9 Å². The number of benzene rings is 1. The standard InChI is InChI=1S/C15H21N3O3/c1-18(2)14(20)7-10-3-5-11(6-4-10)17-15(21)13-8-12(19)9-16-13/h3-6,12-13,16,19H,7-9H2,1-2H3,(H,17,21). The molecule has 1 aliphatic rings. The molecular weight excluding hydrogens is 270 g/mol. The Morgan fingerprint density at radius 3 is 2.52 bits per heavy atom. The molecule has 2 rings (SSSR count). The molecule has 1 aromatic rings. The third-order valence-electron chi connectivity index (χ3n) is 3.50. The predicted octanol–water partition coefficient (Wildman–Crippen LogP) is -0.0214. The van der Waals surface area contributed by atoms with Gasteiger partial charge in [-0.15, -0.1) is 0 Å². The van der Waals surface area contributed by atoms with Crippen LogP contribution in [0.5, 0.6) is 0 Å². The summed E-state index contributed by atoms with van der Waals surface area (Å²) in [6, 6.07) is 6.86. The van der Waals surface area contributed by atoms with E-state index in [1.54, 1.807) is 31.1 Å². The summed E-state index contributed by atoms with van der Waals surface area (Å²) in [6.07, 6.45) is 0.318. The summed E-state index contributed by atoms with van der Waals surface area (Å²) in [5.74, 6) is -0.111. The molecule has 1 heterocycles. The molecule has 0 bridgehead atoms. The molecule has 6 nitrogen and oxygen atoms in total. The second-order valence-electron chi connectivity index (χ2n) is 5.50.